The number of fused-ring (bicyclic) bond motifs is 1. The van der Waals surface area contributed by atoms with Crippen molar-refractivity contribution in [2.75, 3.05) is 26.2 Å². The normalized spacial score (nSPS) is 25.4. The van der Waals surface area contributed by atoms with Crippen LogP contribution in [0.15, 0.2) is 5.51 Å². The molecule has 2 N–H and O–H groups in total. The summed E-state index contributed by atoms with van der Waals surface area (Å²) in [6, 6.07) is 0.140. The Bertz CT molecular complexity index is 831. The Hall–Kier alpha value is -2.00. The minimum Gasteiger partial charge on any atom is -0.336 e. The molecule has 2 amide bonds. The highest BCUT2D eigenvalue weighted by Gasteiger charge is 2.56. The third-order valence-electron chi connectivity index (χ3n) is 5.63. The predicted molar refractivity (Wildman–Crippen MR) is 104 cm³/mol. The molecule has 27 heavy (non-hydrogen) atoms. The van der Waals surface area contributed by atoms with Gasteiger partial charge in [0.05, 0.1) is 16.6 Å². The molecular weight excluding hydrogens is 362 g/mol. The van der Waals surface area contributed by atoms with Crippen LogP contribution < -0.4 is 5.32 Å². The third kappa shape index (κ3) is 3.34. The number of hydrogen-bond acceptors (Lipinski definition) is 6. The molecule has 2 saturated heterocycles. The fourth-order valence-electron chi connectivity index (χ4n) is 4.35. The average Bonchev–Trinajstić information content (AvgIpc) is 3.31. The predicted octanol–water partition coefficient (Wildman–Crippen LogP) is 1.68. The van der Waals surface area contributed by atoms with Crippen LogP contribution in [0, 0.1) is 19.8 Å². The number of urea groups is 1. The largest absolute Gasteiger partial charge is 0.336 e. The summed E-state index contributed by atoms with van der Waals surface area (Å²) in [5.41, 5.74) is 2.81. The minimum atomic E-state index is -0.211. The van der Waals surface area contributed by atoms with E-state index in [4.69, 9.17) is 0 Å². The first-order valence-corrected chi connectivity index (χ1v) is 10.3. The quantitative estimate of drug-likeness (QED) is 0.830. The highest BCUT2D eigenvalue weighted by atomic mass is 32.1. The molecule has 9 heteroatoms. The Morgan fingerprint density at radius 2 is 2.22 bits per heavy atom. The average molecular weight is 390 g/mol. The number of carbonyl (C=O) groups is 1. The molecule has 0 aromatic carbocycles. The Labute approximate surface area is 163 Å². The van der Waals surface area contributed by atoms with E-state index in [1.165, 1.54) is 4.88 Å². The summed E-state index contributed by atoms with van der Waals surface area (Å²) in [5.74, 6) is 1.99. The molecule has 146 valence electrons. The highest BCUT2D eigenvalue weighted by molar-refractivity contribution is 7.09. The van der Waals surface area contributed by atoms with Crippen LogP contribution in [0.1, 0.15) is 36.1 Å². The highest BCUT2D eigenvalue weighted by Crippen LogP contribution is 2.44. The van der Waals surface area contributed by atoms with Gasteiger partial charge >= 0.3 is 6.03 Å². The lowest BCUT2D eigenvalue weighted by Gasteiger charge is -2.27. The lowest BCUT2D eigenvalue weighted by Crippen LogP contribution is -2.45. The van der Waals surface area contributed by atoms with Gasteiger partial charge in [0.1, 0.15) is 5.82 Å². The first kappa shape index (κ1) is 18.4. The molecule has 4 heterocycles. The van der Waals surface area contributed by atoms with Crippen LogP contribution in [-0.4, -0.2) is 68.2 Å². The minimum absolute atomic E-state index is 0.0101. The molecule has 8 nitrogen and oxygen atoms in total. The fraction of sp³-hybridized carbons (Fsp3) is 0.667. The van der Waals surface area contributed by atoms with Gasteiger partial charge in [-0.05, 0) is 27.7 Å². The van der Waals surface area contributed by atoms with Gasteiger partial charge in [0.2, 0.25) is 0 Å². The molecule has 2 aromatic heterocycles. The number of H-pyrrole nitrogens is 1. The molecule has 0 unspecified atom stereocenters. The van der Waals surface area contributed by atoms with E-state index in [1.54, 1.807) is 11.3 Å². The van der Waals surface area contributed by atoms with Crippen LogP contribution in [0.5, 0.6) is 0 Å². The monoisotopic (exact) mass is 389 g/mol. The zero-order valence-electron chi connectivity index (χ0n) is 16.3. The van der Waals surface area contributed by atoms with Crippen molar-refractivity contribution in [1.82, 2.24) is 35.3 Å². The molecule has 2 aromatic rings. The van der Waals surface area contributed by atoms with Crippen LogP contribution >= 0.6 is 11.3 Å². The molecule has 2 fully saturated rings. The number of likely N-dealkylation sites (tertiary alicyclic amines) is 2. The van der Waals surface area contributed by atoms with Gasteiger partial charge in [0.25, 0.3) is 0 Å². The van der Waals surface area contributed by atoms with Gasteiger partial charge in [-0.3, -0.25) is 10.00 Å². The van der Waals surface area contributed by atoms with Crippen molar-refractivity contribution in [2.24, 2.45) is 5.92 Å². The second kappa shape index (κ2) is 6.87. The number of carbonyl (C=O) groups excluding carboxylic acids is 1. The second-order valence-electron chi connectivity index (χ2n) is 8.11. The molecule has 0 radical (unpaired) electrons. The van der Waals surface area contributed by atoms with Crippen LogP contribution in [-0.2, 0) is 12.0 Å². The lowest BCUT2D eigenvalue weighted by molar-refractivity contribution is 0.194. The third-order valence-corrected chi connectivity index (χ3v) is 6.55. The zero-order chi connectivity index (χ0) is 19.2. The van der Waals surface area contributed by atoms with Gasteiger partial charge in [-0.1, -0.05) is 0 Å². The number of hydrogen-bond donors (Lipinski definition) is 2. The van der Waals surface area contributed by atoms with E-state index in [9.17, 15) is 4.79 Å². The molecular formula is C18H27N7OS. The van der Waals surface area contributed by atoms with Crippen LogP contribution in [0.3, 0.4) is 0 Å². The number of thiazole rings is 1. The molecule has 0 aliphatic carbocycles. The maximum absolute atomic E-state index is 12.6. The molecule has 0 bridgehead atoms. The smallest absolute Gasteiger partial charge is 0.317 e. The van der Waals surface area contributed by atoms with E-state index in [-0.39, 0.29) is 17.5 Å². The number of aromatic amines is 1. The summed E-state index contributed by atoms with van der Waals surface area (Å²) in [4.78, 5) is 27.3. The van der Waals surface area contributed by atoms with Gasteiger partial charge in [-0.2, -0.15) is 5.10 Å². The number of nitrogens with one attached hydrogen (secondary N) is 2. The number of aromatic nitrogens is 4. The molecule has 0 spiro atoms. The zero-order valence-corrected chi connectivity index (χ0v) is 17.1. The first-order chi connectivity index (χ1) is 12.9. The Kier molecular flexibility index (Phi) is 4.67. The first-order valence-electron chi connectivity index (χ1n) is 9.43. The summed E-state index contributed by atoms with van der Waals surface area (Å²) in [6.45, 7) is 12.1. The maximum atomic E-state index is 12.6. The summed E-state index contributed by atoms with van der Waals surface area (Å²) in [7, 11) is 0. The van der Waals surface area contributed by atoms with E-state index in [2.05, 4.69) is 37.3 Å². The van der Waals surface area contributed by atoms with Crippen molar-refractivity contribution in [1.29, 1.82) is 0 Å². The Morgan fingerprint density at radius 1 is 1.41 bits per heavy atom. The van der Waals surface area contributed by atoms with E-state index < -0.39 is 0 Å². The van der Waals surface area contributed by atoms with Crippen LogP contribution in [0.4, 0.5) is 4.79 Å². The molecule has 2 aliphatic rings. The van der Waals surface area contributed by atoms with Crippen molar-refractivity contribution in [3.05, 3.63) is 27.7 Å². The summed E-state index contributed by atoms with van der Waals surface area (Å²) < 4.78 is 0. The molecule has 0 saturated carbocycles. The Balaban J connectivity index is 1.57. The van der Waals surface area contributed by atoms with Gasteiger partial charge in [0, 0.05) is 49.6 Å². The van der Waals surface area contributed by atoms with Gasteiger partial charge in [-0.25, -0.2) is 14.8 Å². The van der Waals surface area contributed by atoms with Gasteiger partial charge in [-0.15, -0.1) is 11.3 Å². The van der Waals surface area contributed by atoms with Crippen molar-refractivity contribution >= 4 is 17.4 Å². The van der Waals surface area contributed by atoms with Crippen molar-refractivity contribution in [2.45, 2.75) is 45.7 Å². The van der Waals surface area contributed by atoms with Gasteiger partial charge in [0.15, 0.2) is 5.82 Å². The van der Waals surface area contributed by atoms with Gasteiger partial charge < -0.3 is 10.2 Å². The number of aryl methyl sites for hydroxylation is 2. The molecule has 2 atom stereocenters. The standard InChI is InChI=1S/C18H27N7OS/c1-11(2)20-17(26)25-6-14-5-24(7-15-12(3)19-10-27-15)8-18(14,9-25)16-21-13(4)22-23-16/h10-11,14H,5-9H2,1-4H3,(H,20,26)(H,21,22,23)/t14-,18-/m1/s1. The SMILES string of the molecule is Cc1nc([C@@]23CN(Cc4scnc4C)C[C@@H]2CN(C(=O)NC(C)C)C3)n[nH]1. The van der Waals surface area contributed by atoms with Crippen molar-refractivity contribution in [3.63, 3.8) is 0 Å². The number of nitrogens with zero attached hydrogens (tertiary/aromatic N) is 5. The molecule has 4 rings (SSSR count). The lowest BCUT2D eigenvalue weighted by atomic mass is 9.80. The number of amides is 2. The second-order valence-corrected chi connectivity index (χ2v) is 9.05. The topological polar surface area (TPSA) is 90.0 Å². The Morgan fingerprint density at radius 3 is 2.85 bits per heavy atom. The van der Waals surface area contributed by atoms with Crippen molar-refractivity contribution in [3.8, 4) is 0 Å². The van der Waals surface area contributed by atoms with Crippen LogP contribution in [0.25, 0.3) is 0 Å². The summed E-state index contributed by atoms with van der Waals surface area (Å²) in [6.07, 6.45) is 0. The number of rotatable bonds is 4. The summed E-state index contributed by atoms with van der Waals surface area (Å²) in [5, 5.41) is 10.5. The van der Waals surface area contributed by atoms with E-state index in [1.807, 2.05) is 31.2 Å². The van der Waals surface area contributed by atoms with E-state index in [0.717, 1.165) is 43.5 Å². The van der Waals surface area contributed by atoms with E-state index >= 15 is 0 Å². The van der Waals surface area contributed by atoms with Crippen molar-refractivity contribution < 1.29 is 4.79 Å². The molecule has 2 aliphatic heterocycles. The van der Waals surface area contributed by atoms with E-state index in [0.29, 0.717) is 12.5 Å². The summed E-state index contributed by atoms with van der Waals surface area (Å²) >= 11 is 1.71. The fourth-order valence-corrected chi connectivity index (χ4v) is 5.16. The maximum Gasteiger partial charge on any atom is 0.317 e. The van der Waals surface area contributed by atoms with Crippen LogP contribution in [0.2, 0.25) is 0 Å².